The van der Waals surface area contributed by atoms with Crippen molar-refractivity contribution in [3.8, 4) is 16.9 Å². The predicted molar refractivity (Wildman–Crippen MR) is 91.0 cm³/mol. The fourth-order valence-electron chi connectivity index (χ4n) is 2.54. The van der Waals surface area contributed by atoms with Crippen molar-refractivity contribution < 1.29 is 17.9 Å². The van der Waals surface area contributed by atoms with Crippen LogP contribution < -0.4 is 10.4 Å². The van der Waals surface area contributed by atoms with Crippen molar-refractivity contribution in [3.63, 3.8) is 0 Å². The summed E-state index contributed by atoms with van der Waals surface area (Å²) in [5.41, 5.74) is 0.591. The van der Waals surface area contributed by atoms with E-state index in [0.29, 0.717) is 16.9 Å². The molecule has 0 saturated heterocycles. The zero-order valence-electron chi connectivity index (χ0n) is 13.8. The lowest BCUT2D eigenvalue weighted by molar-refractivity contribution is -0.137. The highest BCUT2D eigenvalue weighted by Gasteiger charge is 2.30. The van der Waals surface area contributed by atoms with Crippen LogP contribution in [0.15, 0.2) is 65.7 Å². The summed E-state index contributed by atoms with van der Waals surface area (Å²) in [7, 11) is 1.56. The molecule has 0 aliphatic rings. The molecule has 0 N–H and O–H groups in total. The van der Waals surface area contributed by atoms with E-state index in [4.69, 9.17) is 4.74 Å². The summed E-state index contributed by atoms with van der Waals surface area (Å²) >= 11 is 0. The maximum Gasteiger partial charge on any atom is 0.416 e. The number of nitrogens with zero attached hydrogens (tertiary/aromatic N) is 2. The van der Waals surface area contributed by atoms with Crippen LogP contribution in [0.3, 0.4) is 0 Å². The topological polar surface area (TPSA) is 44.1 Å². The maximum absolute atomic E-state index is 12.8. The number of hydrogen-bond donors (Lipinski definition) is 0. The highest BCUT2D eigenvalue weighted by atomic mass is 19.4. The quantitative estimate of drug-likeness (QED) is 0.707. The van der Waals surface area contributed by atoms with Gasteiger partial charge in [-0.25, -0.2) is 9.78 Å². The average molecular weight is 360 g/mol. The van der Waals surface area contributed by atoms with Crippen LogP contribution >= 0.6 is 0 Å². The molecule has 2 aromatic carbocycles. The van der Waals surface area contributed by atoms with Crippen molar-refractivity contribution in [1.82, 2.24) is 9.55 Å². The molecule has 3 aromatic rings. The Morgan fingerprint density at radius 1 is 1.08 bits per heavy atom. The van der Waals surface area contributed by atoms with E-state index in [1.807, 2.05) is 12.1 Å². The molecule has 0 radical (unpaired) electrons. The number of rotatable bonds is 4. The zero-order chi connectivity index (χ0) is 18.7. The first-order chi connectivity index (χ1) is 12.4. The second-order valence-electron chi connectivity index (χ2n) is 5.68. The van der Waals surface area contributed by atoms with Crippen LogP contribution in [0, 0.1) is 0 Å². The number of benzene rings is 2. The lowest BCUT2D eigenvalue weighted by atomic mass is 10.1. The Bertz CT molecular complexity index is 964. The molecule has 0 fully saturated rings. The number of hydrogen-bond acceptors (Lipinski definition) is 3. The number of ether oxygens (including phenoxy) is 1. The largest absolute Gasteiger partial charge is 0.497 e. The first-order valence-corrected chi connectivity index (χ1v) is 7.74. The molecule has 1 heterocycles. The molecule has 0 amide bonds. The summed E-state index contributed by atoms with van der Waals surface area (Å²) in [4.78, 5) is 15.8. The van der Waals surface area contributed by atoms with Crippen LogP contribution in [-0.2, 0) is 12.7 Å². The van der Waals surface area contributed by atoms with E-state index in [2.05, 4.69) is 4.98 Å². The fourth-order valence-corrected chi connectivity index (χ4v) is 2.54. The number of aromatic nitrogens is 2. The van der Waals surface area contributed by atoms with Gasteiger partial charge in [0.15, 0.2) is 0 Å². The van der Waals surface area contributed by atoms with Crippen LogP contribution in [0.1, 0.15) is 11.1 Å². The van der Waals surface area contributed by atoms with Gasteiger partial charge < -0.3 is 4.74 Å². The molecule has 7 heteroatoms. The second-order valence-corrected chi connectivity index (χ2v) is 5.68. The Labute approximate surface area is 147 Å². The Morgan fingerprint density at radius 2 is 1.81 bits per heavy atom. The van der Waals surface area contributed by atoms with Crippen molar-refractivity contribution >= 4 is 0 Å². The first-order valence-electron chi connectivity index (χ1n) is 7.74. The Kier molecular flexibility index (Phi) is 4.79. The van der Waals surface area contributed by atoms with E-state index in [1.165, 1.54) is 16.8 Å². The smallest absolute Gasteiger partial charge is 0.416 e. The highest BCUT2D eigenvalue weighted by molar-refractivity contribution is 5.62. The summed E-state index contributed by atoms with van der Waals surface area (Å²) in [6, 6.07) is 12.1. The zero-order valence-corrected chi connectivity index (χ0v) is 13.8. The monoisotopic (exact) mass is 360 g/mol. The molecule has 1 aromatic heterocycles. The minimum atomic E-state index is -4.43. The molecular formula is C19H15F3N2O2. The molecule has 134 valence electrons. The van der Waals surface area contributed by atoms with Crippen LogP contribution in [0.5, 0.6) is 5.75 Å². The van der Waals surface area contributed by atoms with Gasteiger partial charge in [0, 0.05) is 18.0 Å². The fraction of sp³-hybridized carbons (Fsp3) is 0.158. The van der Waals surface area contributed by atoms with Crippen molar-refractivity contribution in [1.29, 1.82) is 0 Å². The molecule has 0 unspecified atom stereocenters. The number of alkyl halides is 3. The third kappa shape index (κ3) is 3.93. The van der Waals surface area contributed by atoms with Crippen LogP contribution in [-0.4, -0.2) is 16.7 Å². The van der Waals surface area contributed by atoms with E-state index >= 15 is 0 Å². The predicted octanol–water partition coefficient (Wildman–Crippen LogP) is 3.99. The summed E-state index contributed by atoms with van der Waals surface area (Å²) in [6.45, 7) is -0.000250. The van der Waals surface area contributed by atoms with E-state index in [-0.39, 0.29) is 6.54 Å². The van der Waals surface area contributed by atoms with E-state index < -0.39 is 17.4 Å². The standard InChI is InChI=1S/C19H15F3N2O2/c1-26-17-7-5-14(6-8-17)15-10-23-18(25)24(12-15)11-13-3-2-4-16(9-13)19(20,21)22/h2-10,12H,11H2,1H3. The van der Waals surface area contributed by atoms with Crippen molar-refractivity contribution in [2.45, 2.75) is 12.7 Å². The molecule has 4 nitrogen and oxygen atoms in total. The van der Waals surface area contributed by atoms with Gasteiger partial charge in [-0.2, -0.15) is 13.2 Å². The molecule has 26 heavy (non-hydrogen) atoms. The summed E-state index contributed by atoms with van der Waals surface area (Å²) in [6.07, 6.45) is -1.41. The summed E-state index contributed by atoms with van der Waals surface area (Å²) in [5.74, 6) is 0.694. The van der Waals surface area contributed by atoms with Gasteiger partial charge in [0.1, 0.15) is 5.75 Å². The maximum atomic E-state index is 12.8. The van der Waals surface area contributed by atoms with Gasteiger partial charge in [-0.15, -0.1) is 0 Å². The van der Waals surface area contributed by atoms with Crippen molar-refractivity contribution in [2.75, 3.05) is 7.11 Å². The molecule has 0 aliphatic carbocycles. The third-order valence-electron chi connectivity index (χ3n) is 3.89. The summed E-state index contributed by atoms with van der Waals surface area (Å²) < 4.78 is 44.9. The van der Waals surface area contributed by atoms with Crippen LogP contribution in [0.2, 0.25) is 0 Å². The SMILES string of the molecule is COc1ccc(-c2cnc(=O)n(Cc3cccc(C(F)(F)F)c3)c2)cc1. The van der Waals surface area contributed by atoms with E-state index in [1.54, 1.807) is 31.5 Å². The molecular weight excluding hydrogens is 345 g/mol. The van der Waals surface area contributed by atoms with Gasteiger partial charge in [-0.05, 0) is 35.4 Å². The third-order valence-corrected chi connectivity index (χ3v) is 3.89. The lowest BCUT2D eigenvalue weighted by Crippen LogP contribution is -2.23. The van der Waals surface area contributed by atoms with Crippen LogP contribution in [0.25, 0.3) is 11.1 Å². The lowest BCUT2D eigenvalue weighted by Gasteiger charge is -2.11. The second kappa shape index (κ2) is 7.03. The van der Waals surface area contributed by atoms with Gasteiger partial charge in [0.25, 0.3) is 0 Å². The van der Waals surface area contributed by atoms with E-state index in [9.17, 15) is 18.0 Å². The molecule has 0 bridgehead atoms. The Hall–Kier alpha value is -3.09. The van der Waals surface area contributed by atoms with Gasteiger partial charge >= 0.3 is 11.9 Å². The number of halogens is 3. The highest BCUT2D eigenvalue weighted by Crippen LogP contribution is 2.29. The molecule has 0 saturated carbocycles. The normalized spacial score (nSPS) is 11.4. The van der Waals surface area contributed by atoms with Crippen molar-refractivity contribution in [3.05, 3.63) is 82.5 Å². The molecule has 0 atom stereocenters. The van der Waals surface area contributed by atoms with Gasteiger partial charge in [0.2, 0.25) is 0 Å². The average Bonchev–Trinajstić information content (AvgIpc) is 2.63. The molecule has 3 rings (SSSR count). The molecule has 0 spiro atoms. The minimum Gasteiger partial charge on any atom is -0.497 e. The van der Waals surface area contributed by atoms with Gasteiger partial charge in [-0.3, -0.25) is 4.57 Å². The van der Waals surface area contributed by atoms with Crippen LogP contribution in [0.4, 0.5) is 13.2 Å². The number of methoxy groups -OCH3 is 1. The van der Waals surface area contributed by atoms with Gasteiger partial charge in [0.05, 0.1) is 19.2 Å². The molecule has 0 aliphatic heterocycles. The summed E-state index contributed by atoms with van der Waals surface area (Å²) in [5, 5.41) is 0. The Balaban J connectivity index is 1.92. The minimum absolute atomic E-state index is 0.000250. The van der Waals surface area contributed by atoms with Gasteiger partial charge in [-0.1, -0.05) is 24.3 Å². The van der Waals surface area contributed by atoms with Crippen molar-refractivity contribution in [2.24, 2.45) is 0 Å². The first kappa shape index (κ1) is 17.7. The van der Waals surface area contributed by atoms with E-state index in [0.717, 1.165) is 17.7 Å². The Morgan fingerprint density at radius 3 is 2.46 bits per heavy atom.